The third-order valence-electron chi connectivity index (χ3n) is 3.15. The number of thiophene rings is 1. The first kappa shape index (κ1) is 15.8. The molecule has 0 spiro atoms. The molecule has 1 amide bonds. The Bertz CT molecular complexity index is 741. The minimum absolute atomic E-state index is 0.0472. The highest BCUT2D eigenvalue weighted by molar-refractivity contribution is 7.99. The molecule has 0 fully saturated rings. The molecule has 0 unspecified atom stereocenters. The molecular weight excluding hydrogens is 328 g/mol. The molecule has 0 aliphatic carbocycles. The van der Waals surface area contributed by atoms with Crippen molar-refractivity contribution in [3.05, 3.63) is 59.0 Å². The van der Waals surface area contributed by atoms with Crippen molar-refractivity contribution in [2.45, 2.75) is 18.1 Å². The summed E-state index contributed by atoms with van der Waals surface area (Å²) in [5.41, 5.74) is 0.803. The Labute approximate surface area is 142 Å². The van der Waals surface area contributed by atoms with Crippen molar-refractivity contribution in [3.63, 3.8) is 0 Å². The first-order valence-corrected chi connectivity index (χ1v) is 9.05. The Morgan fingerprint density at radius 1 is 1.22 bits per heavy atom. The molecule has 0 aliphatic rings. The lowest BCUT2D eigenvalue weighted by Gasteiger charge is -2.06. The van der Waals surface area contributed by atoms with Gasteiger partial charge in [-0.3, -0.25) is 4.79 Å². The quantitative estimate of drug-likeness (QED) is 0.668. The van der Waals surface area contributed by atoms with Crippen molar-refractivity contribution in [2.75, 3.05) is 11.1 Å². The van der Waals surface area contributed by atoms with Gasteiger partial charge in [-0.2, -0.15) is 0 Å². The maximum absolute atomic E-state index is 12.0. The summed E-state index contributed by atoms with van der Waals surface area (Å²) in [5.74, 6) is 0.265. The van der Waals surface area contributed by atoms with E-state index < -0.39 is 0 Å². The number of hydrogen-bond acceptors (Lipinski definition) is 5. The Balaban J connectivity index is 1.50. The number of para-hydroxylation sites is 1. The number of nitrogens with one attached hydrogen (secondary N) is 1. The number of benzene rings is 1. The summed E-state index contributed by atoms with van der Waals surface area (Å²) >= 11 is 3.14. The molecule has 0 saturated carbocycles. The van der Waals surface area contributed by atoms with Gasteiger partial charge < -0.3 is 9.88 Å². The lowest BCUT2D eigenvalue weighted by molar-refractivity contribution is -0.113. The van der Waals surface area contributed by atoms with Gasteiger partial charge in [0.15, 0.2) is 5.16 Å². The molecule has 0 saturated heterocycles. The largest absolute Gasteiger partial charge is 0.325 e. The topological polar surface area (TPSA) is 59.8 Å². The molecule has 0 radical (unpaired) electrons. The smallest absolute Gasteiger partial charge is 0.234 e. The first-order chi connectivity index (χ1) is 11.3. The molecule has 3 rings (SSSR count). The van der Waals surface area contributed by atoms with Crippen LogP contribution in [0.1, 0.15) is 4.88 Å². The lowest BCUT2D eigenvalue weighted by atomic mass is 10.3. The third-order valence-corrected chi connectivity index (χ3v) is 5.07. The molecule has 23 heavy (non-hydrogen) atoms. The molecule has 1 N–H and O–H groups in total. The van der Waals surface area contributed by atoms with Gasteiger partial charge in [-0.05, 0) is 30.0 Å². The van der Waals surface area contributed by atoms with Gasteiger partial charge in [0, 0.05) is 17.1 Å². The van der Waals surface area contributed by atoms with Gasteiger partial charge in [0.1, 0.15) is 6.33 Å². The zero-order valence-corrected chi connectivity index (χ0v) is 14.0. The predicted octanol–water partition coefficient (Wildman–Crippen LogP) is 3.31. The Morgan fingerprint density at radius 2 is 2.09 bits per heavy atom. The number of thioether (sulfide) groups is 1. The fraction of sp³-hybridized carbons (Fsp3) is 0.188. The Hall–Kier alpha value is -2.12. The number of rotatable bonds is 7. The SMILES string of the molecule is O=C(CSc1nncn1CCc1cccs1)Nc1ccccc1. The van der Waals surface area contributed by atoms with E-state index in [-0.39, 0.29) is 5.91 Å². The Kier molecular flexibility index (Phi) is 5.44. The number of aromatic nitrogens is 3. The van der Waals surface area contributed by atoms with Crippen LogP contribution in [-0.2, 0) is 17.8 Å². The van der Waals surface area contributed by atoms with E-state index in [2.05, 4.69) is 33.0 Å². The van der Waals surface area contributed by atoms with Gasteiger partial charge in [0.05, 0.1) is 5.75 Å². The van der Waals surface area contributed by atoms with E-state index >= 15 is 0 Å². The number of anilines is 1. The van der Waals surface area contributed by atoms with Crippen LogP contribution >= 0.6 is 23.1 Å². The summed E-state index contributed by atoms with van der Waals surface area (Å²) in [4.78, 5) is 13.3. The zero-order valence-electron chi connectivity index (χ0n) is 12.4. The summed E-state index contributed by atoms with van der Waals surface area (Å²) in [6.07, 6.45) is 2.66. The van der Waals surface area contributed by atoms with Crippen LogP contribution in [0.2, 0.25) is 0 Å². The summed E-state index contributed by atoms with van der Waals surface area (Å²) < 4.78 is 1.99. The predicted molar refractivity (Wildman–Crippen MR) is 93.8 cm³/mol. The van der Waals surface area contributed by atoms with Gasteiger partial charge in [-0.15, -0.1) is 21.5 Å². The van der Waals surface area contributed by atoms with Crippen LogP contribution < -0.4 is 5.32 Å². The second-order valence-electron chi connectivity index (χ2n) is 4.84. The highest BCUT2D eigenvalue weighted by atomic mass is 32.2. The van der Waals surface area contributed by atoms with E-state index in [1.807, 2.05) is 34.9 Å². The fourth-order valence-electron chi connectivity index (χ4n) is 2.04. The van der Waals surface area contributed by atoms with Crippen LogP contribution in [0.3, 0.4) is 0 Å². The second kappa shape index (κ2) is 7.94. The van der Waals surface area contributed by atoms with Crippen LogP contribution in [0, 0.1) is 0 Å². The van der Waals surface area contributed by atoms with Gasteiger partial charge in [0.25, 0.3) is 0 Å². The molecule has 2 heterocycles. The summed E-state index contributed by atoms with van der Waals surface area (Å²) in [6, 6.07) is 13.6. The maximum Gasteiger partial charge on any atom is 0.234 e. The molecule has 0 bridgehead atoms. The highest BCUT2D eigenvalue weighted by Gasteiger charge is 2.09. The molecular formula is C16H16N4OS2. The van der Waals surface area contributed by atoms with E-state index in [4.69, 9.17) is 0 Å². The van der Waals surface area contributed by atoms with Crippen LogP contribution in [0.5, 0.6) is 0 Å². The van der Waals surface area contributed by atoms with E-state index in [1.165, 1.54) is 16.6 Å². The number of nitrogens with zero attached hydrogens (tertiary/aromatic N) is 3. The molecule has 3 aromatic rings. The molecule has 5 nitrogen and oxygen atoms in total. The summed E-state index contributed by atoms with van der Waals surface area (Å²) in [7, 11) is 0. The van der Waals surface area contributed by atoms with Crippen LogP contribution in [-0.4, -0.2) is 26.4 Å². The van der Waals surface area contributed by atoms with Crippen LogP contribution in [0.4, 0.5) is 5.69 Å². The maximum atomic E-state index is 12.0. The summed E-state index contributed by atoms with van der Waals surface area (Å²) in [5, 5.41) is 13.7. The van der Waals surface area contributed by atoms with E-state index in [1.54, 1.807) is 17.7 Å². The van der Waals surface area contributed by atoms with E-state index in [0.29, 0.717) is 5.75 Å². The zero-order chi connectivity index (χ0) is 15.9. The van der Waals surface area contributed by atoms with Crippen molar-refractivity contribution in [3.8, 4) is 0 Å². The minimum Gasteiger partial charge on any atom is -0.325 e. The second-order valence-corrected chi connectivity index (χ2v) is 6.81. The number of carbonyl (C=O) groups is 1. The lowest BCUT2D eigenvalue weighted by Crippen LogP contribution is -2.14. The van der Waals surface area contributed by atoms with Crippen molar-refractivity contribution in [1.82, 2.24) is 14.8 Å². The van der Waals surface area contributed by atoms with Crippen LogP contribution in [0.25, 0.3) is 0 Å². The first-order valence-electron chi connectivity index (χ1n) is 7.19. The molecule has 7 heteroatoms. The molecule has 1 aromatic carbocycles. The number of hydrogen-bond donors (Lipinski definition) is 1. The standard InChI is InChI=1S/C16H16N4OS2/c21-15(18-13-5-2-1-3-6-13)11-23-16-19-17-12-20(16)9-8-14-7-4-10-22-14/h1-7,10,12H,8-9,11H2,(H,18,21). The molecule has 118 valence electrons. The van der Waals surface area contributed by atoms with Crippen LogP contribution in [0.15, 0.2) is 59.3 Å². The van der Waals surface area contributed by atoms with Gasteiger partial charge in [0.2, 0.25) is 5.91 Å². The average molecular weight is 344 g/mol. The number of carbonyl (C=O) groups excluding carboxylic acids is 1. The van der Waals surface area contributed by atoms with Gasteiger partial charge in [-0.1, -0.05) is 36.0 Å². The monoisotopic (exact) mass is 344 g/mol. The van der Waals surface area contributed by atoms with E-state index in [9.17, 15) is 4.79 Å². The Morgan fingerprint density at radius 3 is 2.87 bits per heavy atom. The molecule has 0 aliphatic heterocycles. The molecule has 0 atom stereocenters. The van der Waals surface area contributed by atoms with Crippen molar-refractivity contribution in [2.24, 2.45) is 0 Å². The fourth-order valence-corrected chi connectivity index (χ4v) is 3.48. The normalized spacial score (nSPS) is 10.6. The van der Waals surface area contributed by atoms with E-state index in [0.717, 1.165) is 23.8 Å². The summed E-state index contributed by atoms with van der Waals surface area (Å²) in [6.45, 7) is 0.816. The van der Waals surface area contributed by atoms with Crippen molar-refractivity contribution in [1.29, 1.82) is 0 Å². The van der Waals surface area contributed by atoms with Crippen molar-refractivity contribution < 1.29 is 4.79 Å². The number of aryl methyl sites for hydroxylation is 2. The third kappa shape index (κ3) is 4.67. The number of amides is 1. The van der Waals surface area contributed by atoms with Crippen molar-refractivity contribution >= 4 is 34.7 Å². The molecule has 2 aromatic heterocycles. The minimum atomic E-state index is -0.0472. The highest BCUT2D eigenvalue weighted by Crippen LogP contribution is 2.17. The average Bonchev–Trinajstić information content (AvgIpc) is 3.23. The van der Waals surface area contributed by atoms with Gasteiger partial charge >= 0.3 is 0 Å². The van der Waals surface area contributed by atoms with Gasteiger partial charge in [-0.25, -0.2) is 0 Å².